The third-order valence-electron chi connectivity index (χ3n) is 2.63. The van der Waals surface area contributed by atoms with Crippen LogP contribution in [0.15, 0.2) is 42.5 Å². The molecule has 0 saturated heterocycles. The van der Waals surface area contributed by atoms with Gasteiger partial charge in [-0.25, -0.2) is 4.39 Å². The normalized spacial score (nSPS) is 10.2. The molecule has 0 aliphatic heterocycles. The van der Waals surface area contributed by atoms with Crippen molar-refractivity contribution in [3.8, 4) is 5.75 Å². The van der Waals surface area contributed by atoms with Crippen LogP contribution in [0.2, 0.25) is 5.02 Å². The minimum atomic E-state index is -0.751. The van der Waals surface area contributed by atoms with E-state index in [0.29, 0.717) is 5.56 Å². The van der Waals surface area contributed by atoms with E-state index in [0.717, 1.165) is 0 Å². The van der Waals surface area contributed by atoms with Gasteiger partial charge in [-0.3, -0.25) is 4.79 Å². The summed E-state index contributed by atoms with van der Waals surface area (Å²) >= 11 is 5.61. The second-order valence-corrected chi connectivity index (χ2v) is 4.32. The van der Waals surface area contributed by atoms with Crippen LogP contribution in [0, 0.1) is 5.82 Å². The number of amides is 1. The summed E-state index contributed by atoms with van der Waals surface area (Å²) < 4.78 is 13.6. The third-order valence-corrected chi connectivity index (χ3v) is 2.92. The molecule has 0 saturated carbocycles. The fourth-order valence-corrected chi connectivity index (χ4v) is 1.78. The highest BCUT2D eigenvalue weighted by Crippen LogP contribution is 2.18. The number of phenolic OH excluding ortho intramolecular Hbond substituents is 1. The highest BCUT2D eigenvalue weighted by atomic mass is 35.5. The van der Waals surface area contributed by atoms with E-state index in [1.165, 1.54) is 24.3 Å². The van der Waals surface area contributed by atoms with Crippen molar-refractivity contribution in [1.29, 1.82) is 0 Å². The second kappa shape index (κ2) is 5.71. The summed E-state index contributed by atoms with van der Waals surface area (Å²) in [6, 6.07) is 10.8. The predicted molar refractivity (Wildman–Crippen MR) is 70.7 cm³/mol. The summed E-state index contributed by atoms with van der Waals surface area (Å²) in [5.41, 5.74) is 0.432. The highest BCUT2D eigenvalue weighted by Gasteiger charge is 2.14. The first-order valence-electron chi connectivity index (χ1n) is 5.58. The number of rotatable bonds is 3. The van der Waals surface area contributed by atoms with Crippen molar-refractivity contribution < 1.29 is 14.3 Å². The van der Waals surface area contributed by atoms with Gasteiger partial charge in [0.25, 0.3) is 5.91 Å². The molecule has 0 unspecified atom stereocenters. The Hall–Kier alpha value is -2.07. The Bertz CT molecular complexity index is 616. The van der Waals surface area contributed by atoms with E-state index in [1.54, 1.807) is 18.2 Å². The topological polar surface area (TPSA) is 49.3 Å². The zero-order chi connectivity index (χ0) is 13.8. The summed E-state index contributed by atoms with van der Waals surface area (Å²) in [6.45, 7) is 0.109. The van der Waals surface area contributed by atoms with Crippen molar-refractivity contribution in [3.05, 3.63) is 64.4 Å². The number of carbonyl (C=O) groups excluding carboxylic acids is 1. The van der Waals surface area contributed by atoms with Crippen LogP contribution in [0.3, 0.4) is 0 Å². The fraction of sp³-hybridized carbons (Fsp3) is 0.0714. The molecule has 0 heterocycles. The van der Waals surface area contributed by atoms with Crippen LogP contribution in [0.5, 0.6) is 5.75 Å². The van der Waals surface area contributed by atoms with Crippen LogP contribution in [-0.2, 0) is 6.54 Å². The minimum Gasteiger partial charge on any atom is -0.508 e. The number of aromatic hydroxyl groups is 1. The van der Waals surface area contributed by atoms with Crippen LogP contribution in [0.4, 0.5) is 4.39 Å². The quantitative estimate of drug-likeness (QED) is 0.907. The van der Waals surface area contributed by atoms with Gasteiger partial charge in [-0.05, 0) is 18.2 Å². The van der Waals surface area contributed by atoms with E-state index in [-0.39, 0.29) is 22.9 Å². The number of hydrogen-bond acceptors (Lipinski definition) is 2. The van der Waals surface area contributed by atoms with Crippen LogP contribution in [0.25, 0.3) is 0 Å². The zero-order valence-corrected chi connectivity index (χ0v) is 10.6. The average molecular weight is 280 g/mol. The number of hydrogen-bond donors (Lipinski definition) is 2. The number of nitrogens with one attached hydrogen (secondary N) is 1. The van der Waals surface area contributed by atoms with Crippen molar-refractivity contribution in [1.82, 2.24) is 5.32 Å². The Balaban J connectivity index is 2.10. The Morgan fingerprint density at radius 2 is 1.95 bits per heavy atom. The first-order chi connectivity index (χ1) is 9.09. The predicted octanol–water partition coefficient (Wildman–Crippen LogP) is 3.11. The van der Waals surface area contributed by atoms with E-state index in [1.807, 2.05) is 0 Å². The first-order valence-corrected chi connectivity index (χ1v) is 5.96. The maximum Gasteiger partial charge on any atom is 0.254 e. The molecule has 19 heavy (non-hydrogen) atoms. The second-order valence-electron chi connectivity index (χ2n) is 3.91. The summed E-state index contributed by atoms with van der Waals surface area (Å²) in [5, 5.41) is 12.0. The van der Waals surface area contributed by atoms with Crippen LogP contribution in [-0.4, -0.2) is 11.0 Å². The van der Waals surface area contributed by atoms with Gasteiger partial charge < -0.3 is 10.4 Å². The Morgan fingerprint density at radius 3 is 2.68 bits per heavy atom. The van der Waals surface area contributed by atoms with Crippen molar-refractivity contribution in [2.24, 2.45) is 0 Å². The molecule has 3 nitrogen and oxygen atoms in total. The maximum absolute atomic E-state index is 13.6. The lowest BCUT2D eigenvalue weighted by molar-refractivity contribution is 0.0946. The molecule has 0 radical (unpaired) electrons. The van der Waals surface area contributed by atoms with E-state index in [9.17, 15) is 14.3 Å². The fourth-order valence-electron chi connectivity index (χ4n) is 1.61. The maximum atomic E-state index is 13.6. The van der Waals surface area contributed by atoms with Crippen molar-refractivity contribution >= 4 is 17.5 Å². The molecule has 0 aliphatic carbocycles. The molecule has 2 aromatic carbocycles. The molecule has 0 aromatic heterocycles. The third kappa shape index (κ3) is 3.03. The summed E-state index contributed by atoms with van der Waals surface area (Å²) in [4.78, 5) is 11.8. The van der Waals surface area contributed by atoms with Crippen molar-refractivity contribution in [3.63, 3.8) is 0 Å². The molecule has 0 spiro atoms. The number of halogens is 2. The molecule has 0 bridgehead atoms. The largest absolute Gasteiger partial charge is 0.508 e. The Kier molecular flexibility index (Phi) is 4.02. The SMILES string of the molecule is O=C(NCc1ccccc1O)c1cccc(Cl)c1F. The van der Waals surface area contributed by atoms with Gasteiger partial charge in [0, 0.05) is 12.1 Å². The number of para-hydroxylation sites is 1. The summed E-state index contributed by atoms with van der Waals surface area (Å²) in [6.07, 6.45) is 0. The standard InChI is InChI=1S/C14H11ClFNO2/c15-11-6-3-5-10(13(11)16)14(19)17-8-9-4-1-2-7-12(9)18/h1-7,18H,8H2,(H,17,19). The Morgan fingerprint density at radius 1 is 1.21 bits per heavy atom. The van der Waals surface area contributed by atoms with Gasteiger partial charge in [-0.1, -0.05) is 35.9 Å². The minimum absolute atomic E-state index is 0.0781. The molecular formula is C14H11ClFNO2. The molecule has 2 rings (SSSR count). The van der Waals surface area contributed by atoms with Crippen molar-refractivity contribution in [2.45, 2.75) is 6.54 Å². The van der Waals surface area contributed by atoms with E-state index < -0.39 is 11.7 Å². The molecule has 0 aliphatic rings. The van der Waals surface area contributed by atoms with Crippen LogP contribution in [0.1, 0.15) is 15.9 Å². The monoisotopic (exact) mass is 279 g/mol. The van der Waals surface area contributed by atoms with E-state index in [2.05, 4.69) is 5.32 Å². The lowest BCUT2D eigenvalue weighted by atomic mass is 10.1. The van der Waals surface area contributed by atoms with Crippen LogP contribution >= 0.6 is 11.6 Å². The van der Waals surface area contributed by atoms with Gasteiger partial charge in [0.2, 0.25) is 0 Å². The lowest BCUT2D eigenvalue weighted by Crippen LogP contribution is -2.23. The van der Waals surface area contributed by atoms with Gasteiger partial charge in [-0.15, -0.1) is 0 Å². The van der Waals surface area contributed by atoms with Crippen LogP contribution < -0.4 is 5.32 Å². The molecular weight excluding hydrogens is 269 g/mol. The smallest absolute Gasteiger partial charge is 0.254 e. The van der Waals surface area contributed by atoms with Crippen molar-refractivity contribution in [2.75, 3.05) is 0 Å². The number of carbonyl (C=O) groups is 1. The number of benzene rings is 2. The molecule has 0 atom stereocenters. The van der Waals surface area contributed by atoms with Gasteiger partial charge in [0.15, 0.2) is 5.82 Å². The molecule has 5 heteroatoms. The van der Waals surface area contributed by atoms with Gasteiger partial charge in [0.1, 0.15) is 5.75 Å². The van der Waals surface area contributed by atoms with Gasteiger partial charge >= 0.3 is 0 Å². The molecule has 0 fully saturated rings. The molecule has 98 valence electrons. The van der Waals surface area contributed by atoms with Gasteiger partial charge in [0.05, 0.1) is 10.6 Å². The average Bonchev–Trinajstić information content (AvgIpc) is 2.40. The Labute approximate surface area is 114 Å². The zero-order valence-electron chi connectivity index (χ0n) is 9.86. The van der Waals surface area contributed by atoms with E-state index in [4.69, 9.17) is 11.6 Å². The number of phenols is 1. The molecule has 2 aromatic rings. The lowest BCUT2D eigenvalue weighted by Gasteiger charge is -2.08. The molecule has 1 amide bonds. The first kappa shape index (κ1) is 13.4. The summed E-state index contributed by atoms with van der Waals surface area (Å²) in [7, 11) is 0. The van der Waals surface area contributed by atoms with E-state index >= 15 is 0 Å². The summed E-state index contributed by atoms with van der Waals surface area (Å²) in [5.74, 6) is -1.25. The molecule has 2 N–H and O–H groups in total. The highest BCUT2D eigenvalue weighted by molar-refractivity contribution is 6.31. The van der Waals surface area contributed by atoms with Gasteiger partial charge in [-0.2, -0.15) is 0 Å².